The van der Waals surface area contributed by atoms with Crippen molar-refractivity contribution in [3.63, 3.8) is 0 Å². The average Bonchev–Trinajstić information content (AvgIpc) is 3.70. The van der Waals surface area contributed by atoms with Crippen LogP contribution < -0.4 is 0 Å². The van der Waals surface area contributed by atoms with E-state index in [2.05, 4.69) is 168 Å². The first-order valence-electron chi connectivity index (χ1n) is 16.5. The molecule has 0 aliphatic heterocycles. The Morgan fingerprint density at radius 2 is 0.958 bits per heavy atom. The molecule has 0 aliphatic rings. The summed E-state index contributed by atoms with van der Waals surface area (Å²) < 4.78 is 9.25. The van der Waals surface area contributed by atoms with Gasteiger partial charge in [-0.15, -0.1) is 0 Å². The van der Waals surface area contributed by atoms with Crippen molar-refractivity contribution in [3.05, 3.63) is 164 Å². The van der Waals surface area contributed by atoms with Gasteiger partial charge in [0.2, 0.25) is 0 Å². The van der Waals surface area contributed by atoms with Crippen LogP contribution in [0.25, 0.3) is 104 Å². The quantitative estimate of drug-likeness (QED) is 0.182. The molecular formula is C46H27NO. The Morgan fingerprint density at radius 3 is 1.75 bits per heavy atom. The lowest BCUT2D eigenvalue weighted by Crippen LogP contribution is -1.96. The largest absolute Gasteiger partial charge is 0.455 e. The van der Waals surface area contributed by atoms with E-state index in [1.54, 1.807) is 0 Å². The van der Waals surface area contributed by atoms with E-state index >= 15 is 0 Å². The second-order valence-corrected chi connectivity index (χ2v) is 12.9. The van der Waals surface area contributed by atoms with E-state index in [1.807, 2.05) is 0 Å². The highest BCUT2D eigenvalue weighted by molar-refractivity contribution is 6.25. The second kappa shape index (κ2) is 9.57. The van der Waals surface area contributed by atoms with Crippen molar-refractivity contribution in [1.29, 1.82) is 0 Å². The van der Waals surface area contributed by atoms with Crippen LogP contribution in [0.3, 0.4) is 0 Å². The highest BCUT2D eigenvalue weighted by atomic mass is 16.3. The Labute approximate surface area is 276 Å². The van der Waals surface area contributed by atoms with Crippen molar-refractivity contribution < 1.29 is 4.42 Å². The van der Waals surface area contributed by atoms with Gasteiger partial charge in [0.05, 0.1) is 16.7 Å². The molecule has 0 spiro atoms. The van der Waals surface area contributed by atoms with Crippen molar-refractivity contribution in [2.75, 3.05) is 0 Å². The van der Waals surface area contributed by atoms with E-state index in [-0.39, 0.29) is 0 Å². The fourth-order valence-corrected chi connectivity index (χ4v) is 8.21. The van der Waals surface area contributed by atoms with Crippen molar-refractivity contribution in [3.8, 4) is 27.9 Å². The van der Waals surface area contributed by atoms with Crippen LogP contribution in [0.15, 0.2) is 168 Å². The van der Waals surface area contributed by atoms with Crippen LogP contribution in [0, 0.1) is 0 Å². The molecule has 0 radical (unpaired) electrons. The van der Waals surface area contributed by atoms with Gasteiger partial charge in [0.15, 0.2) is 0 Å². The first-order valence-corrected chi connectivity index (χ1v) is 16.5. The molecule has 2 heteroatoms. The Balaban J connectivity index is 1.16. The molecular weight excluding hydrogens is 583 g/mol. The normalized spacial score (nSPS) is 12.2. The molecule has 48 heavy (non-hydrogen) atoms. The van der Waals surface area contributed by atoms with Gasteiger partial charge in [0, 0.05) is 38.1 Å². The van der Waals surface area contributed by atoms with Gasteiger partial charge < -0.3 is 8.98 Å². The summed E-state index contributed by atoms with van der Waals surface area (Å²) in [5.41, 5.74) is 9.96. The molecule has 11 rings (SSSR count). The minimum atomic E-state index is 0.922. The standard InChI is InChI=1S/C46H27NO/c1-2-9-28(10-3-1)33-14-7-16-36-37-17-8-15-34(46(37)48-45(33)36)32-23-26-42-39(27-32)35-13-4-5-18-40(35)47(42)41-25-22-31-20-19-29-11-6-12-30-21-24-38(41)44(31)43(29)30/h1-27H. The Bertz CT molecular complexity index is 3040. The molecule has 0 unspecified atom stereocenters. The third-order valence-corrected chi connectivity index (χ3v) is 10.3. The summed E-state index contributed by atoms with van der Waals surface area (Å²) >= 11 is 0. The minimum absolute atomic E-state index is 0.922. The number of nitrogens with zero attached hydrogens (tertiary/aromatic N) is 1. The maximum atomic E-state index is 6.80. The van der Waals surface area contributed by atoms with E-state index in [1.165, 1.54) is 59.8 Å². The molecule has 2 heterocycles. The number of fused-ring (bicyclic) bond motifs is 6. The summed E-state index contributed by atoms with van der Waals surface area (Å²) in [6.45, 7) is 0. The third-order valence-electron chi connectivity index (χ3n) is 10.3. The van der Waals surface area contributed by atoms with Gasteiger partial charge in [0.25, 0.3) is 0 Å². The number of aromatic nitrogens is 1. The van der Waals surface area contributed by atoms with Crippen molar-refractivity contribution >= 4 is 76.1 Å². The van der Waals surface area contributed by atoms with Crippen LogP contribution in [-0.2, 0) is 0 Å². The molecule has 0 aliphatic carbocycles. The molecule has 0 saturated heterocycles. The predicted octanol–water partition coefficient (Wildman–Crippen LogP) is 12.9. The van der Waals surface area contributed by atoms with Gasteiger partial charge in [-0.25, -0.2) is 0 Å². The van der Waals surface area contributed by atoms with Crippen LogP contribution >= 0.6 is 0 Å². The maximum Gasteiger partial charge on any atom is 0.143 e. The topological polar surface area (TPSA) is 18.1 Å². The zero-order valence-corrected chi connectivity index (χ0v) is 25.9. The third kappa shape index (κ3) is 3.46. The van der Waals surface area contributed by atoms with Crippen molar-refractivity contribution in [2.45, 2.75) is 0 Å². The summed E-state index contributed by atoms with van der Waals surface area (Å²) in [5.74, 6) is 0. The average molecular weight is 610 g/mol. The van der Waals surface area contributed by atoms with E-state index in [9.17, 15) is 0 Å². The van der Waals surface area contributed by atoms with Crippen LogP contribution in [0.5, 0.6) is 0 Å². The monoisotopic (exact) mass is 609 g/mol. The fourth-order valence-electron chi connectivity index (χ4n) is 8.21. The van der Waals surface area contributed by atoms with Crippen molar-refractivity contribution in [2.24, 2.45) is 0 Å². The highest BCUT2D eigenvalue weighted by Crippen LogP contribution is 2.43. The molecule has 11 aromatic rings. The van der Waals surface area contributed by atoms with E-state index in [0.717, 1.165) is 44.2 Å². The van der Waals surface area contributed by atoms with E-state index in [4.69, 9.17) is 4.42 Å². The molecule has 222 valence electrons. The highest BCUT2D eigenvalue weighted by Gasteiger charge is 2.19. The first-order chi connectivity index (χ1) is 23.8. The molecule has 0 atom stereocenters. The van der Waals surface area contributed by atoms with Crippen LogP contribution in [0.4, 0.5) is 0 Å². The molecule has 0 fully saturated rings. The number of para-hydroxylation sites is 3. The molecule has 2 aromatic heterocycles. The molecule has 0 amide bonds. The van der Waals surface area contributed by atoms with E-state index < -0.39 is 0 Å². The zero-order chi connectivity index (χ0) is 31.3. The maximum absolute atomic E-state index is 6.80. The molecule has 0 N–H and O–H groups in total. The summed E-state index contributed by atoms with van der Waals surface area (Å²) in [5, 5.41) is 12.5. The summed E-state index contributed by atoms with van der Waals surface area (Å²) in [6.07, 6.45) is 0. The SMILES string of the molecule is c1ccc(-c2cccc3c2oc2c(-c4ccc5c(c4)c4ccccc4n5-c4ccc5ccc6cccc7ccc4c5c67)cccc23)cc1. The molecule has 2 nitrogen and oxygen atoms in total. The Kier molecular flexibility index (Phi) is 5.14. The van der Waals surface area contributed by atoms with Gasteiger partial charge in [0.1, 0.15) is 11.2 Å². The van der Waals surface area contributed by atoms with Crippen LogP contribution in [-0.4, -0.2) is 4.57 Å². The summed E-state index contributed by atoms with van der Waals surface area (Å²) in [7, 11) is 0. The lowest BCUT2D eigenvalue weighted by Gasteiger charge is -2.16. The minimum Gasteiger partial charge on any atom is -0.455 e. The van der Waals surface area contributed by atoms with Crippen molar-refractivity contribution in [1.82, 2.24) is 4.57 Å². The second-order valence-electron chi connectivity index (χ2n) is 12.9. The Morgan fingerprint density at radius 1 is 0.354 bits per heavy atom. The predicted molar refractivity (Wildman–Crippen MR) is 203 cm³/mol. The van der Waals surface area contributed by atoms with Crippen LogP contribution in [0.1, 0.15) is 0 Å². The zero-order valence-electron chi connectivity index (χ0n) is 25.9. The number of rotatable bonds is 3. The summed E-state index contributed by atoms with van der Waals surface area (Å²) in [4.78, 5) is 0. The lowest BCUT2D eigenvalue weighted by atomic mass is 9.93. The lowest BCUT2D eigenvalue weighted by molar-refractivity contribution is 0.671. The number of hydrogen-bond acceptors (Lipinski definition) is 1. The van der Waals surface area contributed by atoms with Crippen LogP contribution in [0.2, 0.25) is 0 Å². The molecule has 0 saturated carbocycles. The van der Waals surface area contributed by atoms with E-state index in [0.29, 0.717) is 0 Å². The van der Waals surface area contributed by atoms with Gasteiger partial charge in [-0.3, -0.25) is 0 Å². The van der Waals surface area contributed by atoms with Gasteiger partial charge in [-0.05, 0) is 62.3 Å². The Hall–Kier alpha value is -6.38. The van der Waals surface area contributed by atoms with Gasteiger partial charge in [-0.1, -0.05) is 140 Å². The first kappa shape index (κ1) is 25.8. The molecule has 9 aromatic carbocycles. The van der Waals surface area contributed by atoms with Gasteiger partial charge >= 0.3 is 0 Å². The summed E-state index contributed by atoms with van der Waals surface area (Å²) in [6, 6.07) is 59.4. The number of furan rings is 1. The fraction of sp³-hybridized carbons (Fsp3) is 0. The van der Waals surface area contributed by atoms with Gasteiger partial charge in [-0.2, -0.15) is 0 Å². The number of hydrogen-bond donors (Lipinski definition) is 0. The molecule has 0 bridgehead atoms. The smallest absolute Gasteiger partial charge is 0.143 e. The number of benzene rings is 9.